The maximum atomic E-state index is 13.1. The first-order chi connectivity index (χ1) is 13.5. The predicted octanol–water partition coefficient (Wildman–Crippen LogP) is 5.55. The van der Waals surface area contributed by atoms with E-state index in [4.69, 9.17) is 4.74 Å². The molecule has 0 aliphatic carbocycles. The number of ether oxygens (including phenoxy) is 1. The fraction of sp³-hybridized carbons (Fsp3) is 0.286. The number of nitrogens with zero attached hydrogens (tertiary/aromatic N) is 3. The normalized spacial score (nSPS) is 11.4. The molecule has 0 radical (unpaired) electrons. The van der Waals surface area contributed by atoms with Crippen molar-refractivity contribution < 1.29 is 4.74 Å². The molecule has 7 heteroatoms. The first kappa shape index (κ1) is 20.7. The summed E-state index contributed by atoms with van der Waals surface area (Å²) >= 11 is 6.93. The Bertz CT molecular complexity index is 1080. The molecule has 0 saturated heterocycles. The number of aryl methyl sites for hydroxylation is 1. The molecule has 0 saturated carbocycles. The van der Waals surface area contributed by atoms with Crippen LogP contribution in [0.4, 0.5) is 0 Å². The Labute approximate surface area is 180 Å². The first-order valence-electron chi connectivity index (χ1n) is 9.21. The zero-order valence-electron chi connectivity index (χ0n) is 15.8. The minimum atomic E-state index is -0.168. The smallest absolute Gasteiger partial charge is 0.282 e. The van der Waals surface area contributed by atoms with E-state index in [9.17, 15) is 4.79 Å². The molecule has 5 nitrogen and oxygen atoms in total. The van der Waals surface area contributed by atoms with Crippen molar-refractivity contribution in [3.63, 3.8) is 0 Å². The van der Waals surface area contributed by atoms with Gasteiger partial charge in [0.15, 0.2) is 0 Å². The maximum absolute atomic E-state index is 13.1. The summed E-state index contributed by atoms with van der Waals surface area (Å²) in [6, 6.07) is 11.2. The Kier molecular flexibility index (Phi) is 7.02. The Morgan fingerprint density at radius 2 is 2.00 bits per heavy atom. The van der Waals surface area contributed by atoms with Crippen LogP contribution in [0.15, 0.2) is 55.2 Å². The van der Waals surface area contributed by atoms with E-state index in [1.165, 1.54) is 4.68 Å². The van der Waals surface area contributed by atoms with Crippen LogP contribution in [0.5, 0.6) is 5.75 Å². The summed E-state index contributed by atoms with van der Waals surface area (Å²) in [5.41, 5.74) is 1.38. The molecule has 3 aromatic rings. The Hall–Kier alpha value is -1.99. The lowest BCUT2D eigenvalue weighted by Crippen LogP contribution is -2.22. The first-order valence-corrected chi connectivity index (χ1v) is 10.8. The molecule has 0 aliphatic heterocycles. The summed E-state index contributed by atoms with van der Waals surface area (Å²) in [5, 5.41) is 5.01. The molecule has 2 aromatic carbocycles. The lowest BCUT2D eigenvalue weighted by molar-refractivity contribution is 0.338. The number of benzene rings is 2. The predicted molar refractivity (Wildman–Crippen MR) is 121 cm³/mol. The van der Waals surface area contributed by atoms with Gasteiger partial charge < -0.3 is 4.74 Å². The van der Waals surface area contributed by atoms with Crippen molar-refractivity contribution in [1.82, 2.24) is 9.66 Å². The molecule has 0 aliphatic rings. The van der Waals surface area contributed by atoms with Gasteiger partial charge in [-0.05, 0) is 71.2 Å². The molecule has 1 heterocycles. The largest absolute Gasteiger partial charge is 0.493 e. The van der Waals surface area contributed by atoms with Gasteiger partial charge in [0, 0.05) is 10.9 Å². The van der Waals surface area contributed by atoms with Crippen LogP contribution in [-0.4, -0.2) is 22.5 Å². The van der Waals surface area contributed by atoms with Crippen LogP contribution in [0.1, 0.15) is 38.1 Å². The minimum Gasteiger partial charge on any atom is -0.493 e. The second kappa shape index (κ2) is 9.47. The number of unbranched alkanes of at least 4 members (excludes halogenated alkanes) is 1. The van der Waals surface area contributed by atoms with Gasteiger partial charge in [0.25, 0.3) is 5.56 Å². The quantitative estimate of drug-likeness (QED) is 0.395. The average Bonchev–Trinajstić information content (AvgIpc) is 2.68. The van der Waals surface area contributed by atoms with Crippen LogP contribution in [0.2, 0.25) is 0 Å². The van der Waals surface area contributed by atoms with E-state index in [0.717, 1.165) is 33.1 Å². The van der Waals surface area contributed by atoms with Crippen molar-refractivity contribution in [1.29, 1.82) is 0 Å². The van der Waals surface area contributed by atoms with E-state index < -0.39 is 0 Å². The van der Waals surface area contributed by atoms with E-state index in [2.05, 4.69) is 48.9 Å². The fourth-order valence-corrected chi connectivity index (χ4v) is 3.68. The Morgan fingerprint density at radius 1 is 1.18 bits per heavy atom. The fourth-order valence-electron chi connectivity index (χ4n) is 2.80. The molecule has 0 N–H and O–H groups in total. The number of rotatable bonds is 7. The molecular weight excluding hydrogens is 486 g/mol. The van der Waals surface area contributed by atoms with Crippen LogP contribution in [0, 0.1) is 0 Å². The SMILES string of the molecule is CCCCc1nc2ccc(Br)cc2c(=O)n1N=Cc1ccc(OCC)c(Br)c1. The van der Waals surface area contributed by atoms with Gasteiger partial charge in [0.05, 0.1) is 28.2 Å². The number of fused-ring (bicyclic) bond motifs is 1. The van der Waals surface area contributed by atoms with Crippen LogP contribution >= 0.6 is 31.9 Å². The molecule has 0 atom stereocenters. The Morgan fingerprint density at radius 3 is 2.71 bits per heavy atom. The Balaban J connectivity index is 2.05. The van der Waals surface area contributed by atoms with Crippen LogP contribution in [-0.2, 0) is 6.42 Å². The van der Waals surface area contributed by atoms with Gasteiger partial charge in [-0.15, -0.1) is 0 Å². The molecule has 28 heavy (non-hydrogen) atoms. The molecule has 146 valence electrons. The van der Waals surface area contributed by atoms with E-state index in [0.29, 0.717) is 29.8 Å². The highest BCUT2D eigenvalue weighted by atomic mass is 79.9. The van der Waals surface area contributed by atoms with Crippen LogP contribution in [0.3, 0.4) is 0 Å². The summed E-state index contributed by atoms with van der Waals surface area (Å²) in [7, 11) is 0. The second-order valence-corrected chi connectivity index (χ2v) is 8.05. The summed E-state index contributed by atoms with van der Waals surface area (Å²) in [6.45, 7) is 4.65. The van der Waals surface area contributed by atoms with Gasteiger partial charge in [0.1, 0.15) is 11.6 Å². The molecular formula is C21H21Br2N3O2. The van der Waals surface area contributed by atoms with Crippen molar-refractivity contribution in [3.05, 3.63) is 67.1 Å². The average molecular weight is 507 g/mol. The van der Waals surface area contributed by atoms with Crippen LogP contribution in [0.25, 0.3) is 10.9 Å². The minimum absolute atomic E-state index is 0.168. The standard InChI is InChI=1S/C21H21Br2N3O2/c1-3-5-6-20-25-18-9-8-15(22)12-16(18)21(27)26(20)24-13-14-7-10-19(28-4-2)17(23)11-14/h7-13H,3-6H2,1-2H3. The molecule has 0 bridgehead atoms. The van der Waals surface area contributed by atoms with Gasteiger partial charge in [0.2, 0.25) is 0 Å². The van der Waals surface area contributed by atoms with Gasteiger partial charge in [-0.25, -0.2) is 4.98 Å². The highest BCUT2D eigenvalue weighted by molar-refractivity contribution is 9.10. The lowest BCUT2D eigenvalue weighted by atomic mass is 10.2. The van der Waals surface area contributed by atoms with Crippen molar-refractivity contribution in [2.24, 2.45) is 5.10 Å². The summed E-state index contributed by atoms with van der Waals surface area (Å²) < 4.78 is 8.63. The summed E-state index contributed by atoms with van der Waals surface area (Å²) in [6.07, 6.45) is 4.33. The molecule has 0 fully saturated rings. The zero-order chi connectivity index (χ0) is 20.1. The van der Waals surface area contributed by atoms with E-state index in [1.54, 1.807) is 12.3 Å². The van der Waals surface area contributed by atoms with Gasteiger partial charge >= 0.3 is 0 Å². The number of hydrogen-bond donors (Lipinski definition) is 0. The maximum Gasteiger partial charge on any atom is 0.282 e. The summed E-state index contributed by atoms with van der Waals surface area (Å²) in [4.78, 5) is 17.7. The third-order valence-electron chi connectivity index (χ3n) is 4.21. The highest BCUT2D eigenvalue weighted by Crippen LogP contribution is 2.25. The van der Waals surface area contributed by atoms with Gasteiger partial charge in [-0.3, -0.25) is 4.79 Å². The van der Waals surface area contributed by atoms with E-state index in [-0.39, 0.29) is 5.56 Å². The number of aromatic nitrogens is 2. The monoisotopic (exact) mass is 505 g/mol. The molecule has 1 aromatic heterocycles. The highest BCUT2D eigenvalue weighted by Gasteiger charge is 2.11. The third kappa shape index (κ3) is 4.70. The van der Waals surface area contributed by atoms with Crippen LogP contribution < -0.4 is 10.3 Å². The second-order valence-electron chi connectivity index (χ2n) is 6.28. The third-order valence-corrected chi connectivity index (χ3v) is 5.32. The molecule has 0 unspecified atom stereocenters. The topological polar surface area (TPSA) is 56.5 Å². The van der Waals surface area contributed by atoms with Crippen molar-refractivity contribution in [2.45, 2.75) is 33.1 Å². The van der Waals surface area contributed by atoms with Crippen molar-refractivity contribution in [3.8, 4) is 5.75 Å². The van der Waals surface area contributed by atoms with Crippen molar-refractivity contribution >= 4 is 49.0 Å². The van der Waals surface area contributed by atoms with E-state index in [1.807, 2.05) is 37.3 Å². The number of halogens is 2. The number of hydrogen-bond acceptors (Lipinski definition) is 4. The van der Waals surface area contributed by atoms with Gasteiger partial charge in [-0.1, -0.05) is 29.3 Å². The van der Waals surface area contributed by atoms with Crippen molar-refractivity contribution in [2.75, 3.05) is 6.61 Å². The van der Waals surface area contributed by atoms with Gasteiger partial charge in [-0.2, -0.15) is 9.78 Å². The molecule has 3 rings (SSSR count). The zero-order valence-corrected chi connectivity index (χ0v) is 19.0. The molecule has 0 amide bonds. The lowest BCUT2D eigenvalue weighted by Gasteiger charge is -2.09. The summed E-state index contributed by atoms with van der Waals surface area (Å²) in [5.74, 6) is 1.44. The molecule has 0 spiro atoms. The van der Waals surface area contributed by atoms with E-state index >= 15 is 0 Å².